The molecule has 2 unspecified atom stereocenters. The molecule has 0 saturated heterocycles. The van der Waals surface area contributed by atoms with Crippen molar-refractivity contribution in [3.63, 3.8) is 0 Å². The van der Waals surface area contributed by atoms with Gasteiger partial charge in [-0.2, -0.15) is 9.49 Å². The Morgan fingerprint density at radius 2 is 1.68 bits per heavy atom. The number of methoxy groups -OCH3 is 1. The van der Waals surface area contributed by atoms with Gasteiger partial charge in [0.15, 0.2) is 17.3 Å². The lowest BCUT2D eigenvalue weighted by molar-refractivity contribution is -0.139. The largest absolute Gasteiger partial charge is 0.494 e. The number of aliphatic hydroxyl groups excluding tert-OH is 2. The van der Waals surface area contributed by atoms with Gasteiger partial charge < -0.3 is 25.0 Å². The summed E-state index contributed by atoms with van der Waals surface area (Å²) >= 11 is 0. The molecule has 0 saturated carbocycles. The van der Waals surface area contributed by atoms with E-state index in [0.717, 1.165) is 0 Å². The number of aromatic nitrogens is 2. The number of carbonyl (C=O) groups is 2. The van der Waals surface area contributed by atoms with Crippen LogP contribution in [-0.2, 0) is 17.8 Å². The number of ether oxygens (including phenoxy) is 1. The van der Waals surface area contributed by atoms with Gasteiger partial charge in [-0.25, -0.2) is 13.5 Å². The average molecular weight is 578 g/mol. The molecule has 1 heterocycles. The first kappa shape index (κ1) is 31.6. The van der Waals surface area contributed by atoms with E-state index in [1.807, 2.05) is 13.8 Å². The number of rotatable bonds is 13. The molecule has 0 aliphatic heterocycles. The molecule has 41 heavy (non-hydrogen) atoms. The lowest BCUT2D eigenvalue weighted by Gasteiger charge is -2.19. The fourth-order valence-electron chi connectivity index (χ4n) is 4.65. The maximum absolute atomic E-state index is 14.6. The van der Waals surface area contributed by atoms with Crippen LogP contribution in [0.3, 0.4) is 0 Å². The normalized spacial score (nSPS) is 12.8. The molecule has 2 atom stereocenters. The molecular formula is C29H34F3N3O6. The first-order chi connectivity index (χ1) is 19.3. The molecule has 3 rings (SSSR count). The summed E-state index contributed by atoms with van der Waals surface area (Å²) in [5.41, 5.74) is 1.54. The molecule has 1 aromatic heterocycles. The number of carbonyl (C=O) groups excluding carboxylic acids is 1. The molecular weight excluding hydrogens is 543 g/mol. The summed E-state index contributed by atoms with van der Waals surface area (Å²) in [6, 6.07) is 8.04. The Kier molecular flexibility index (Phi) is 10.5. The van der Waals surface area contributed by atoms with Gasteiger partial charge in [-0.1, -0.05) is 19.9 Å². The van der Waals surface area contributed by atoms with Crippen molar-refractivity contribution in [3.8, 4) is 11.4 Å². The van der Waals surface area contributed by atoms with E-state index in [9.17, 15) is 33.0 Å². The van der Waals surface area contributed by atoms with E-state index >= 15 is 0 Å². The monoisotopic (exact) mass is 577 g/mol. The zero-order valence-corrected chi connectivity index (χ0v) is 23.3. The number of hydrogen-bond donors (Lipinski definition) is 3. The minimum Gasteiger partial charge on any atom is -0.494 e. The van der Waals surface area contributed by atoms with E-state index in [0.29, 0.717) is 16.9 Å². The fourth-order valence-corrected chi connectivity index (χ4v) is 4.65. The van der Waals surface area contributed by atoms with Crippen molar-refractivity contribution in [1.29, 1.82) is 0 Å². The highest BCUT2D eigenvalue weighted by atomic mass is 19.2. The van der Waals surface area contributed by atoms with Crippen LogP contribution in [-0.4, -0.2) is 68.2 Å². The molecule has 3 aromatic rings. The molecule has 9 nitrogen and oxygen atoms in total. The number of benzene rings is 2. The average Bonchev–Trinajstić information content (AvgIpc) is 3.29. The quantitative estimate of drug-likeness (QED) is 0.278. The van der Waals surface area contributed by atoms with Gasteiger partial charge in [-0.3, -0.25) is 9.59 Å². The minimum atomic E-state index is -1.23. The number of nitrogens with zero attached hydrogens (tertiary/aromatic N) is 3. The van der Waals surface area contributed by atoms with Crippen LogP contribution in [0.4, 0.5) is 13.2 Å². The standard InChI is InChI=1S/C29H34F3N3O6/c1-16(2)25-22(11-10-20(36)13-21(37)14-24(38)39)35(19-8-6-18(30)7-9-19)33-28(25)29(40)34(3)15-17-5-12-23(41-4)27(32)26(17)31/h5-9,12,16,20-21,36-37H,10-11,13-15H2,1-4H3,(H,38,39). The summed E-state index contributed by atoms with van der Waals surface area (Å²) in [6.07, 6.45) is -2.64. The molecule has 2 aromatic carbocycles. The van der Waals surface area contributed by atoms with E-state index in [2.05, 4.69) is 5.10 Å². The second-order valence-electron chi connectivity index (χ2n) is 10.1. The van der Waals surface area contributed by atoms with Crippen molar-refractivity contribution in [2.45, 2.75) is 64.2 Å². The summed E-state index contributed by atoms with van der Waals surface area (Å²) in [5, 5.41) is 33.8. The number of aliphatic hydroxyl groups is 2. The third kappa shape index (κ3) is 7.65. The van der Waals surface area contributed by atoms with Crippen molar-refractivity contribution in [2.75, 3.05) is 14.2 Å². The van der Waals surface area contributed by atoms with Gasteiger partial charge in [0.25, 0.3) is 5.91 Å². The van der Waals surface area contributed by atoms with Crippen molar-refractivity contribution in [3.05, 3.63) is 76.4 Å². The number of halogens is 3. The SMILES string of the molecule is COc1ccc(CN(C)C(=O)c2nn(-c3ccc(F)cc3)c(CCC(O)CC(O)CC(=O)O)c2C(C)C)c(F)c1F. The smallest absolute Gasteiger partial charge is 0.305 e. The third-order valence-electron chi connectivity index (χ3n) is 6.64. The molecule has 0 aliphatic carbocycles. The summed E-state index contributed by atoms with van der Waals surface area (Å²) < 4.78 is 48.8. The van der Waals surface area contributed by atoms with Crippen LogP contribution in [0.2, 0.25) is 0 Å². The molecule has 0 fully saturated rings. The first-order valence-corrected chi connectivity index (χ1v) is 13.1. The Bertz CT molecular complexity index is 1380. The third-order valence-corrected chi connectivity index (χ3v) is 6.64. The zero-order valence-electron chi connectivity index (χ0n) is 23.3. The van der Waals surface area contributed by atoms with Gasteiger partial charge in [-0.05, 0) is 55.5 Å². The zero-order chi connectivity index (χ0) is 30.4. The highest BCUT2D eigenvalue weighted by molar-refractivity contribution is 5.94. The van der Waals surface area contributed by atoms with Crippen LogP contribution < -0.4 is 4.74 Å². The summed E-state index contributed by atoms with van der Waals surface area (Å²) in [7, 11) is 2.64. The molecule has 0 bridgehead atoms. The number of carboxylic acids is 1. The lowest BCUT2D eigenvalue weighted by atomic mass is 9.95. The minimum absolute atomic E-state index is 0.0524. The van der Waals surface area contributed by atoms with Gasteiger partial charge in [0.05, 0.1) is 31.4 Å². The van der Waals surface area contributed by atoms with Crippen molar-refractivity contribution in [1.82, 2.24) is 14.7 Å². The maximum atomic E-state index is 14.6. The van der Waals surface area contributed by atoms with E-state index in [4.69, 9.17) is 9.84 Å². The highest BCUT2D eigenvalue weighted by Crippen LogP contribution is 2.30. The van der Waals surface area contributed by atoms with Crippen LogP contribution in [0, 0.1) is 17.5 Å². The fraction of sp³-hybridized carbons (Fsp3) is 0.414. The van der Waals surface area contributed by atoms with E-state index in [-0.39, 0.29) is 48.7 Å². The number of amides is 1. The number of hydrogen-bond acceptors (Lipinski definition) is 6. The van der Waals surface area contributed by atoms with E-state index in [1.165, 1.54) is 60.1 Å². The van der Waals surface area contributed by atoms with Crippen LogP contribution in [0.25, 0.3) is 5.69 Å². The van der Waals surface area contributed by atoms with Crippen molar-refractivity contribution in [2.24, 2.45) is 0 Å². The molecule has 1 amide bonds. The summed E-state index contributed by atoms with van der Waals surface area (Å²) in [6.45, 7) is 3.43. The molecule has 0 radical (unpaired) electrons. The first-order valence-electron chi connectivity index (χ1n) is 13.1. The molecule has 222 valence electrons. The second kappa shape index (κ2) is 13.6. The van der Waals surface area contributed by atoms with Gasteiger partial charge in [0, 0.05) is 30.4 Å². The van der Waals surface area contributed by atoms with E-state index in [1.54, 1.807) is 0 Å². The Morgan fingerprint density at radius 1 is 1.02 bits per heavy atom. The predicted molar refractivity (Wildman–Crippen MR) is 144 cm³/mol. The predicted octanol–water partition coefficient (Wildman–Crippen LogP) is 4.21. The van der Waals surface area contributed by atoms with E-state index < -0.39 is 48.0 Å². The van der Waals surface area contributed by atoms with Crippen LogP contribution in [0.5, 0.6) is 5.75 Å². The van der Waals surface area contributed by atoms with Gasteiger partial charge in [-0.15, -0.1) is 0 Å². The van der Waals surface area contributed by atoms with Crippen LogP contribution in [0.15, 0.2) is 36.4 Å². The summed E-state index contributed by atoms with van der Waals surface area (Å²) in [5.74, 6) is -5.03. The van der Waals surface area contributed by atoms with Gasteiger partial charge in [0.1, 0.15) is 5.82 Å². The molecule has 12 heteroatoms. The molecule has 0 aliphatic rings. The van der Waals surface area contributed by atoms with Crippen molar-refractivity contribution >= 4 is 11.9 Å². The topological polar surface area (TPSA) is 125 Å². The summed E-state index contributed by atoms with van der Waals surface area (Å²) in [4.78, 5) is 25.7. The number of aliphatic carboxylic acids is 1. The van der Waals surface area contributed by atoms with Crippen LogP contribution in [0.1, 0.15) is 66.3 Å². The van der Waals surface area contributed by atoms with Crippen LogP contribution >= 0.6 is 0 Å². The lowest BCUT2D eigenvalue weighted by Crippen LogP contribution is -2.28. The molecule has 3 N–H and O–H groups in total. The highest BCUT2D eigenvalue weighted by Gasteiger charge is 2.29. The Morgan fingerprint density at radius 3 is 2.27 bits per heavy atom. The Labute approximate surface area is 235 Å². The van der Waals surface area contributed by atoms with Crippen molar-refractivity contribution < 1.29 is 42.8 Å². The van der Waals surface area contributed by atoms with Gasteiger partial charge in [0.2, 0.25) is 5.82 Å². The Hall–Kier alpha value is -3.90. The maximum Gasteiger partial charge on any atom is 0.305 e. The Balaban J connectivity index is 1.97. The second-order valence-corrected chi connectivity index (χ2v) is 10.1. The number of carboxylic acid groups (broad SMARTS) is 1. The van der Waals surface area contributed by atoms with Gasteiger partial charge >= 0.3 is 5.97 Å². The molecule has 0 spiro atoms.